The van der Waals surface area contributed by atoms with E-state index in [9.17, 15) is 9.59 Å². The highest BCUT2D eigenvalue weighted by Crippen LogP contribution is 2.48. The van der Waals surface area contributed by atoms with E-state index >= 15 is 0 Å². The summed E-state index contributed by atoms with van der Waals surface area (Å²) in [5.74, 6) is -0.639. The highest BCUT2D eigenvalue weighted by molar-refractivity contribution is 7.15. The second-order valence-corrected chi connectivity index (χ2v) is 6.89. The first kappa shape index (κ1) is 14.8. The fraction of sp³-hybridized carbons (Fsp3) is 0.294. The van der Waals surface area contributed by atoms with Crippen molar-refractivity contribution < 1.29 is 9.59 Å². The van der Waals surface area contributed by atoms with Gasteiger partial charge < -0.3 is 11.1 Å². The minimum absolute atomic E-state index is 0.0742. The van der Waals surface area contributed by atoms with Crippen molar-refractivity contribution in [2.45, 2.75) is 25.2 Å². The molecule has 2 aromatic rings. The molecule has 0 spiro atoms. The summed E-state index contributed by atoms with van der Waals surface area (Å²) >= 11 is 1.13. The van der Waals surface area contributed by atoms with Crippen LogP contribution in [0.15, 0.2) is 36.4 Å². The number of hydrogen-bond acceptors (Lipinski definition) is 3. The van der Waals surface area contributed by atoms with Crippen LogP contribution in [-0.4, -0.2) is 18.4 Å². The first-order chi connectivity index (χ1) is 10.5. The number of primary amides is 1. The van der Waals surface area contributed by atoms with Gasteiger partial charge in [-0.15, -0.1) is 11.3 Å². The maximum atomic E-state index is 12.2. The summed E-state index contributed by atoms with van der Waals surface area (Å²) in [4.78, 5) is 24.2. The quantitative estimate of drug-likeness (QED) is 0.890. The summed E-state index contributed by atoms with van der Waals surface area (Å²) in [6, 6.07) is 11.6. The Morgan fingerprint density at radius 2 is 1.86 bits per heavy atom. The maximum Gasteiger partial charge on any atom is 0.261 e. The smallest absolute Gasteiger partial charge is 0.261 e. The third-order valence-corrected chi connectivity index (χ3v) is 5.33. The Morgan fingerprint density at radius 1 is 1.18 bits per heavy atom. The molecule has 0 unspecified atom stereocenters. The van der Waals surface area contributed by atoms with Crippen LogP contribution in [0.1, 0.15) is 43.3 Å². The van der Waals surface area contributed by atoms with Crippen LogP contribution in [0.25, 0.3) is 0 Å². The zero-order valence-electron chi connectivity index (χ0n) is 12.4. The number of rotatable bonds is 5. The van der Waals surface area contributed by atoms with Gasteiger partial charge in [0.15, 0.2) is 0 Å². The van der Waals surface area contributed by atoms with Crippen LogP contribution in [0.3, 0.4) is 0 Å². The van der Waals surface area contributed by atoms with Crippen LogP contribution in [0, 0.1) is 6.92 Å². The van der Waals surface area contributed by atoms with Gasteiger partial charge in [-0.3, -0.25) is 9.59 Å². The number of nitrogens with two attached hydrogens (primary N) is 1. The molecule has 1 aromatic heterocycles. The van der Waals surface area contributed by atoms with E-state index in [2.05, 4.69) is 24.4 Å². The van der Waals surface area contributed by atoms with Crippen molar-refractivity contribution in [3.63, 3.8) is 0 Å². The number of thiophene rings is 1. The fourth-order valence-corrected chi connectivity index (χ4v) is 3.56. The number of carbonyl (C=O) groups excluding carboxylic acids is 2. The van der Waals surface area contributed by atoms with Gasteiger partial charge in [-0.05, 0) is 43.0 Å². The van der Waals surface area contributed by atoms with Gasteiger partial charge in [-0.25, -0.2) is 0 Å². The molecule has 0 aliphatic heterocycles. The predicted octanol–water partition coefficient (Wildman–Crippen LogP) is 2.62. The summed E-state index contributed by atoms with van der Waals surface area (Å²) in [7, 11) is 0. The predicted molar refractivity (Wildman–Crippen MR) is 87.3 cm³/mol. The van der Waals surface area contributed by atoms with Crippen LogP contribution in [0.2, 0.25) is 0 Å². The van der Waals surface area contributed by atoms with Crippen LogP contribution in [0.4, 0.5) is 0 Å². The molecular weight excluding hydrogens is 296 g/mol. The lowest BCUT2D eigenvalue weighted by molar-refractivity contribution is 0.0953. The SMILES string of the molecule is Cc1ccccc1C1(CNC(=O)c2ccc(C(N)=O)s2)CC1. The molecule has 22 heavy (non-hydrogen) atoms. The van der Waals surface area contributed by atoms with E-state index in [1.165, 1.54) is 11.1 Å². The molecule has 1 aromatic carbocycles. The molecule has 1 aliphatic carbocycles. The Balaban J connectivity index is 1.68. The van der Waals surface area contributed by atoms with Crippen molar-refractivity contribution in [2.24, 2.45) is 5.73 Å². The Morgan fingerprint density at radius 3 is 2.45 bits per heavy atom. The van der Waals surface area contributed by atoms with Gasteiger partial charge in [0.2, 0.25) is 0 Å². The van der Waals surface area contributed by atoms with Gasteiger partial charge in [-0.1, -0.05) is 24.3 Å². The zero-order chi connectivity index (χ0) is 15.7. The Labute approximate surface area is 133 Å². The second-order valence-electron chi connectivity index (χ2n) is 5.81. The van der Waals surface area contributed by atoms with E-state index in [-0.39, 0.29) is 11.3 Å². The molecule has 0 radical (unpaired) electrons. The van der Waals surface area contributed by atoms with Crippen LogP contribution in [0.5, 0.6) is 0 Å². The summed E-state index contributed by atoms with van der Waals surface area (Å²) in [6.45, 7) is 2.73. The van der Waals surface area contributed by atoms with Crippen LogP contribution >= 0.6 is 11.3 Å². The van der Waals surface area contributed by atoms with Crippen molar-refractivity contribution in [2.75, 3.05) is 6.54 Å². The second kappa shape index (κ2) is 5.57. The number of benzene rings is 1. The van der Waals surface area contributed by atoms with Gasteiger partial charge in [-0.2, -0.15) is 0 Å². The Kier molecular flexibility index (Phi) is 3.74. The third kappa shape index (κ3) is 2.76. The molecule has 0 bridgehead atoms. The molecule has 1 saturated carbocycles. The van der Waals surface area contributed by atoms with Crippen molar-refractivity contribution in [3.8, 4) is 0 Å². The van der Waals surface area contributed by atoms with E-state index in [4.69, 9.17) is 5.73 Å². The summed E-state index contributed by atoms with van der Waals surface area (Å²) in [6.07, 6.45) is 2.18. The highest BCUT2D eigenvalue weighted by atomic mass is 32.1. The van der Waals surface area contributed by atoms with Crippen LogP contribution < -0.4 is 11.1 Å². The number of aryl methyl sites for hydroxylation is 1. The van der Waals surface area contributed by atoms with Gasteiger partial charge in [0, 0.05) is 12.0 Å². The summed E-state index contributed by atoms with van der Waals surface area (Å²) in [5.41, 5.74) is 7.87. The molecular formula is C17H18N2O2S. The molecule has 1 aliphatic rings. The molecule has 3 rings (SSSR count). The van der Waals surface area contributed by atoms with Crippen LogP contribution in [-0.2, 0) is 5.41 Å². The molecule has 0 atom stereocenters. The van der Waals surface area contributed by atoms with E-state index in [0.29, 0.717) is 16.3 Å². The topological polar surface area (TPSA) is 72.2 Å². The molecule has 5 heteroatoms. The first-order valence-electron chi connectivity index (χ1n) is 7.26. The number of nitrogens with one attached hydrogen (secondary N) is 1. The highest BCUT2D eigenvalue weighted by Gasteiger charge is 2.45. The molecule has 3 N–H and O–H groups in total. The largest absolute Gasteiger partial charge is 0.365 e. The van der Waals surface area contributed by atoms with Crippen molar-refractivity contribution in [1.29, 1.82) is 0 Å². The van der Waals surface area contributed by atoms with Crippen molar-refractivity contribution in [1.82, 2.24) is 5.32 Å². The third-order valence-electron chi connectivity index (χ3n) is 4.23. The molecule has 4 nitrogen and oxygen atoms in total. The van der Waals surface area contributed by atoms with E-state index in [1.807, 2.05) is 12.1 Å². The average Bonchev–Trinajstić information content (AvgIpc) is 3.10. The minimum Gasteiger partial charge on any atom is -0.365 e. The monoisotopic (exact) mass is 314 g/mol. The fourth-order valence-electron chi connectivity index (χ4n) is 2.79. The first-order valence-corrected chi connectivity index (χ1v) is 8.07. The maximum absolute atomic E-state index is 12.2. The van der Waals surface area contributed by atoms with Crippen molar-refractivity contribution >= 4 is 23.2 Å². The lowest BCUT2D eigenvalue weighted by Crippen LogP contribution is -2.32. The molecule has 2 amide bonds. The number of carbonyl (C=O) groups is 2. The molecule has 1 heterocycles. The van der Waals surface area contributed by atoms with Gasteiger partial charge >= 0.3 is 0 Å². The molecule has 0 saturated heterocycles. The lowest BCUT2D eigenvalue weighted by atomic mass is 9.92. The van der Waals surface area contributed by atoms with Crippen molar-refractivity contribution in [3.05, 3.63) is 57.3 Å². The number of hydrogen-bond donors (Lipinski definition) is 2. The normalized spacial score (nSPS) is 15.3. The average molecular weight is 314 g/mol. The standard InChI is InChI=1S/C17H18N2O2S/c1-11-4-2-3-5-12(11)17(8-9-17)10-19-16(21)14-7-6-13(22-14)15(18)20/h2-7H,8-10H2,1H3,(H2,18,20)(H,19,21). The summed E-state index contributed by atoms with van der Waals surface area (Å²) in [5, 5.41) is 3.00. The van der Waals surface area contributed by atoms with E-state index in [0.717, 1.165) is 24.2 Å². The lowest BCUT2D eigenvalue weighted by Gasteiger charge is -2.18. The Bertz CT molecular complexity index is 732. The van der Waals surface area contributed by atoms with Gasteiger partial charge in [0.05, 0.1) is 9.75 Å². The van der Waals surface area contributed by atoms with Gasteiger partial charge in [0.1, 0.15) is 0 Å². The minimum atomic E-state index is -0.498. The van der Waals surface area contributed by atoms with Gasteiger partial charge in [0.25, 0.3) is 11.8 Å². The van der Waals surface area contributed by atoms with E-state index in [1.54, 1.807) is 12.1 Å². The Hall–Kier alpha value is -2.14. The molecule has 114 valence electrons. The molecule has 1 fully saturated rings. The number of amides is 2. The van der Waals surface area contributed by atoms with E-state index < -0.39 is 5.91 Å². The summed E-state index contributed by atoms with van der Waals surface area (Å²) < 4.78 is 0. The zero-order valence-corrected chi connectivity index (χ0v) is 13.2.